The van der Waals surface area contributed by atoms with Gasteiger partial charge in [-0.05, 0) is 17.7 Å². The highest BCUT2D eigenvalue weighted by atomic mass is 79.9. The smallest absolute Gasteiger partial charge is 0.339 e. The van der Waals surface area contributed by atoms with Crippen LogP contribution in [0.1, 0.15) is 22.0 Å². The Morgan fingerprint density at radius 1 is 1.53 bits per heavy atom. The first-order chi connectivity index (χ1) is 8.01. The number of aliphatic hydroxyl groups is 2. The summed E-state index contributed by atoms with van der Waals surface area (Å²) >= 11 is 8.95. The molecule has 0 bridgehead atoms. The molecular weight excluding hydrogens is 311 g/mol. The molecule has 4 nitrogen and oxygen atoms in total. The topological polar surface area (TPSA) is 66.8 Å². The van der Waals surface area contributed by atoms with E-state index in [0.717, 1.165) is 0 Å². The highest BCUT2D eigenvalue weighted by Crippen LogP contribution is 2.25. The van der Waals surface area contributed by atoms with Gasteiger partial charge >= 0.3 is 5.97 Å². The van der Waals surface area contributed by atoms with Gasteiger partial charge in [-0.2, -0.15) is 0 Å². The minimum absolute atomic E-state index is 0.176. The molecule has 2 N–H and O–H groups in total. The zero-order valence-electron chi connectivity index (χ0n) is 9.06. The summed E-state index contributed by atoms with van der Waals surface area (Å²) in [6.07, 6.45) is -1.99. The number of alkyl halides is 1. The third-order valence-electron chi connectivity index (χ3n) is 2.26. The second-order valence-corrected chi connectivity index (χ2v) is 4.45. The average molecular weight is 324 g/mol. The number of carbonyl (C=O) groups excluding carboxylic acids is 1. The van der Waals surface area contributed by atoms with Crippen LogP contribution in [0.25, 0.3) is 0 Å². The van der Waals surface area contributed by atoms with Crippen LogP contribution in [-0.4, -0.2) is 34.7 Å². The summed E-state index contributed by atoms with van der Waals surface area (Å²) in [6.45, 7) is 0. The molecule has 0 radical (unpaired) electrons. The van der Waals surface area contributed by atoms with Gasteiger partial charge < -0.3 is 14.9 Å². The van der Waals surface area contributed by atoms with Crippen molar-refractivity contribution in [3.63, 3.8) is 0 Å². The standard InChI is InChI=1S/C11H12BrClO4/c1-17-11(16)7-3-2-6(4-8(7)13)10(15)9(14)5-12/h2-4,9-10,14-15H,5H2,1H3. The molecule has 94 valence electrons. The molecule has 2 atom stereocenters. The fraction of sp³-hybridized carbons (Fsp3) is 0.364. The minimum atomic E-state index is -1.06. The number of halogens is 2. The molecule has 1 aromatic carbocycles. The summed E-state index contributed by atoms with van der Waals surface area (Å²) in [5.74, 6) is -0.544. The Labute approximate surface area is 112 Å². The number of hydrogen-bond acceptors (Lipinski definition) is 4. The number of esters is 1. The number of benzene rings is 1. The molecule has 0 aliphatic heterocycles. The van der Waals surface area contributed by atoms with Gasteiger partial charge in [-0.3, -0.25) is 0 Å². The Balaban J connectivity index is 3.00. The number of hydrogen-bond donors (Lipinski definition) is 2. The molecule has 0 saturated carbocycles. The number of carbonyl (C=O) groups is 1. The van der Waals surface area contributed by atoms with Crippen LogP contribution in [0.15, 0.2) is 18.2 Å². The lowest BCUT2D eigenvalue weighted by Crippen LogP contribution is -2.19. The van der Waals surface area contributed by atoms with Crippen molar-refractivity contribution >= 4 is 33.5 Å². The van der Waals surface area contributed by atoms with E-state index in [1.54, 1.807) is 0 Å². The molecule has 1 rings (SSSR count). The van der Waals surface area contributed by atoms with Crippen LogP contribution < -0.4 is 0 Å². The van der Waals surface area contributed by atoms with E-state index in [4.69, 9.17) is 11.6 Å². The molecule has 0 saturated heterocycles. The van der Waals surface area contributed by atoms with Gasteiger partial charge in [0.1, 0.15) is 6.10 Å². The maximum Gasteiger partial charge on any atom is 0.339 e. The lowest BCUT2D eigenvalue weighted by Gasteiger charge is -2.16. The summed E-state index contributed by atoms with van der Waals surface area (Å²) < 4.78 is 4.54. The van der Waals surface area contributed by atoms with Crippen molar-refractivity contribution in [2.45, 2.75) is 12.2 Å². The Kier molecular flexibility index (Phi) is 5.39. The fourth-order valence-electron chi connectivity index (χ4n) is 1.30. The van der Waals surface area contributed by atoms with Crippen molar-refractivity contribution in [1.29, 1.82) is 0 Å². The molecule has 1 aromatic rings. The maximum atomic E-state index is 11.3. The monoisotopic (exact) mass is 322 g/mol. The molecule has 0 amide bonds. The predicted molar refractivity (Wildman–Crippen MR) is 67.6 cm³/mol. The van der Waals surface area contributed by atoms with E-state index < -0.39 is 18.2 Å². The lowest BCUT2D eigenvalue weighted by atomic mass is 10.0. The predicted octanol–water partition coefficient (Wildman–Crippen LogP) is 1.92. The van der Waals surface area contributed by atoms with Crippen molar-refractivity contribution in [2.24, 2.45) is 0 Å². The van der Waals surface area contributed by atoms with Gasteiger partial charge in [0.15, 0.2) is 0 Å². The Morgan fingerprint density at radius 3 is 2.65 bits per heavy atom. The van der Waals surface area contributed by atoms with Crippen molar-refractivity contribution in [1.82, 2.24) is 0 Å². The zero-order chi connectivity index (χ0) is 13.0. The minimum Gasteiger partial charge on any atom is -0.465 e. The molecule has 0 heterocycles. The van der Waals surface area contributed by atoms with Gasteiger partial charge in [0.05, 0.1) is 23.8 Å². The van der Waals surface area contributed by atoms with E-state index in [2.05, 4.69) is 20.7 Å². The quantitative estimate of drug-likeness (QED) is 0.656. The highest BCUT2D eigenvalue weighted by Gasteiger charge is 2.19. The van der Waals surface area contributed by atoms with Crippen LogP contribution in [-0.2, 0) is 4.74 Å². The maximum absolute atomic E-state index is 11.3. The second-order valence-electron chi connectivity index (χ2n) is 3.40. The first kappa shape index (κ1) is 14.4. The molecule has 17 heavy (non-hydrogen) atoms. The summed E-state index contributed by atoms with van der Waals surface area (Å²) in [5.41, 5.74) is 0.660. The summed E-state index contributed by atoms with van der Waals surface area (Å²) in [4.78, 5) is 11.3. The van der Waals surface area contributed by atoms with E-state index in [9.17, 15) is 15.0 Å². The van der Waals surface area contributed by atoms with Crippen LogP contribution in [0.2, 0.25) is 5.02 Å². The summed E-state index contributed by atoms with van der Waals surface area (Å²) in [6, 6.07) is 4.41. The van der Waals surface area contributed by atoms with Crippen molar-refractivity contribution < 1.29 is 19.7 Å². The van der Waals surface area contributed by atoms with Crippen molar-refractivity contribution in [3.8, 4) is 0 Å². The normalized spacial score (nSPS) is 14.2. The SMILES string of the molecule is COC(=O)c1ccc(C(O)C(O)CBr)cc1Cl. The molecule has 0 aliphatic carbocycles. The van der Waals surface area contributed by atoms with Crippen LogP contribution in [0, 0.1) is 0 Å². The van der Waals surface area contributed by atoms with Crippen LogP contribution in [0.3, 0.4) is 0 Å². The van der Waals surface area contributed by atoms with E-state index in [-0.39, 0.29) is 15.9 Å². The molecule has 6 heteroatoms. The first-order valence-electron chi connectivity index (χ1n) is 4.81. The lowest BCUT2D eigenvalue weighted by molar-refractivity contribution is 0.0342. The zero-order valence-corrected chi connectivity index (χ0v) is 11.4. The van der Waals surface area contributed by atoms with E-state index in [0.29, 0.717) is 5.56 Å². The first-order valence-corrected chi connectivity index (χ1v) is 6.31. The fourth-order valence-corrected chi connectivity index (χ4v) is 1.92. The largest absolute Gasteiger partial charge is 0.465 e. The third-order valence-corrected chi connectivity index (χ3v) is 3.24. The molecule has 0 spiro atoms. The number of ether oxygens (including phenoxy) is 1. The average Bonchev–Trinajstić information content (AvgIpc) is 2.35. The van der Waals surface area contributed by atoms with Crippen LogP contribution in [0.4, 0.5) is 0 Å². The molecule has 0 aromatic heterocycles. The van der Waals surface area contributed by atoms with Crippen LogP contribution >= 0.6 is 27.5 Å². The number of rotatable bonds is 4. The third kappa shape index (κ3) is 3.42. The highest BCUT2D eigenvalue weighted by molar-refractivity contribution is 9.09. The summed E-state index contributed by atoms with van der Waals surface area (Å²) in [5, 5.41) is 19.6. The molecule has 0 aliphatic rings. The van der Waals surface area contributed by atoms with Gasteiger partial charge in [-0.25, -0.2) is 4.79 Å². The molecule has 0 fully saturated rings. The Bertz CT molecular complexity index is 410. The van der Waals surface area contributed by atoms with Gasteiger partial charge in [0.2, 0.25) is 0 Å². The summed E-state index contributed by atoms with van der Waals surface area (Å²) in [7, 11) is 1.26. The van der Waals surface area contributed by atoms with Crippen molar-refractivity contribution in [3.05, 3.63) is 34.3 Å². The van der Waals surface area contributed by atoms with E-state index in [1.807, 2.05) is 0 Å². The Hall–Kier alpha value is -0.620. The number of methoxy groups -OCH3 is 1. The number of aliphatic hydroxyl groups excluding tert-OH is 2. The van der Waals surface area contributed by atoms with Gasteiger partial charge in [-0.15, -0.1) is 0 Å². The van der Waals surface area contributed by atoms with Crippen molar-refractivity contribution in [2.75, 3.05) is 12.4 Å². The molecule has 2 unspecified atom stereocenters. The van der Waals surface area contributed by atoms with E-state index >= 15 is 0 Å². The van der Waals surface area contributed by atoms with Gasteiger partial charge in [0.25, 0.3) is 0 Å². The Morgan fingerprint density at radius 2 is 2.18 bits per heavy atom. The van der Waals surface area contributed by atoms with Gasteiger partial charge in [-0.1, -0.05) is 33.6 Å². The van der Waals surface area contributed by atoms with E-state index in [1.165, 1.54) is 25.3 Å². The van der Waals surface area contributed by atoms with Crippen LogP contribution in [0.5, 0.6) is 0 Å². The molecular formula is C11H12BrClO4. The van der Waals surface area contributed by atoms with Gasteiger partial charge in [0, 0.05) is 5.33 Å². The second kappa shape index (κ2) is 6.35.